The minimum absolute atomic E-state index is 0.0890. The molecule has 7 nitrogen and oxygen atoms in total. The molecule has 2 aromatic rings. The Bertz CT molecular complexity index is 933. The fourth-order valence-electron chi connectivity index (χ4n) is 3.40. The SMILES string of the molecule is Cc1cccc(C)c1NC(=O)CN(CCC(=O)Nc1cccc(C(=O)O)c1)C1CC1. The fourth-order valence-corrected chi connectivity index (χ4v) is 3.40. The van der Waals surface area contributed by atoms with Crippen molar-refractivity contribution in [3.05, 3.63) is 59.2 Å². The first-order valence-corrected chi connectivity index (χ1v) is 10.1. The van der Waals surface area contributed by atoms with Gasteiger partial charge in [0.05, 0.1) is 12.1 Å². The number of aryl methyl sites for hydroxylation is 2. The van der Waals surface area contributed by atoms with Crippen molar-refractivity contribution in [1.29, 1.82) is 0 Å². The lowest BCUT2D eigenvalue weighted by atomic mass is 10.1. The number of nitrogens with zero attached hydrogens (tertiary/aromatic N) is 1. The van der Waals surface area contributed by atoms with Gasteiger partial charge in [-0.25, -0.2) is 4.79 Å². The van der Waals surface area contributed by atoms with Crippen LogP contribution in [0.3, 0.4) is 0 Å². The zero-order chi connectivity index (χ0) is 21.7. The molecule has 0 bridgehead atoms. The Kier molecular flexibility index (Phi) is 6.84. The minimum atomic E-state index is -1.04. The summed E-state index contributed by atoms with van der Waals surface area (Å²) in [6, 6.07) is 12.4. The average molecular weight is 409 g/mol. The topological polar surface area (TPSA) is 98.7 Å². The summed E-state index contributed by atoms with van der Waals surface area (Å²) in [5, 5.41) is 14.8. The van der Waals surface area contributed by atoms with Crippen LogP contribution in [0.1, 0.15) is 40.7 Å². The number of benzene rings is 2. The van der Waals surface area contributed by atoms with Crippen molar-refractivity contribution in [2.45, 2.75) is 39.2 Å². The summed E-state index contributed by atoms with van der Waals surface area (Å²) in [6.07, 6.45) is 2.28. The highest BCUT2D eigenvalue weighted by Gasteiger charge is 2.30. The molecule has 0 aliphatic heterocycles. The number of hydrogen-bond acceptors (Lipinski definition) is 4. The van der Waals surface area contributed by atoms with Crippen LogP contribution in [0, 0.1) is 13.8 Å². The third kappa shape index (κ3) is 5.90. The maximum Gasteiger partial charge on any atom is 0.335 e. The Hall–Kier alpha value is -3.19. The van der Waals surface area contributed by atoms with Gasteiger partial charge in [0.25, 0.3) is 0 Å². The molecule has 1 saturated carbocycles. The predicted molar refractivity (Wildman–Crippen MR) is 116 cm³/mol. The van der Waals surface area contributed by atoms with Crippen LogP contribution in [0.25, 0.3) is 0 Å². The van der Waals surface area contributed by atoms with E-state index in [9.17, 15) is 14.4 Å². The zero-order valence-corrected chi connectivity index (χ0v) is 17.3. The number of rotatable bonds is 9. The van der Waals surface area contributed by atoms with Crippen molar-refractivity contribution in [2.24, 2.45) is 0 Å². The second-order valence-electron chi connectivity index (χ2n) is 7.70. The standard InChI is InChI=1S/C23H27N3O4/c1-15-5-3-6-16(2)22(15)25-21(28)14-26(19-9-10-19)12-11-20(27)24-18-8-4-7-17(13-18)23(29)30/h3-8,13,19H,9-12,14H2,1-2H3,(H,24,27)(H,25,28)(H,29,30). The first-order valence-electron chi connectivity index (χ1n) is 10.1. The molecular weight excluding hydrogens is 382 g/mol. The molecule has 0 saturated heterocycles. The summed E-state index contributed by atoms with van der Waals surface area (Å²) in [5.74, 6) is -1.34. The molecule has 0 spiro atoms. The number of anilines is 2. The second kappa shape index (κ2) is 9.54. The molecule has 2 amide bonds. The monoisotopic (exact) mass is 409 g/mol. The van der Waals surface area contributed by atoms with Crippen LogP contribution in [0.15, 0.2) is 42.5 Å². The third-order valence-electron chi connectivity index (χ3n) is 5.17. The van der Waals surface area contributed by atoms with E-state index in [1.54, 1.807) is 12.1 Å². The van der Waals surface area contributed by atoms with Crippen molar-refractivity contribution in [1.82, 2.24) is 4.90 Å². The Morgan fingerprint density at radius 1 is 1.00 bits per heavy atom. The summed E-state index contributed by atoms with van der Waals surface area (Å²) in [4.78, 5) is 38.0. The van der Waals surface area contributed by atoms with Gasteiger partial charge in [0.15, 0.2) is 0 Å². The number of aromatic carboxylic acids is 1. The van der Waals surface area contributed by atoms with Crippen LogP contribution in [0.2, 0.25) is 0 Å². The summed E-state index contributed by atoms with van der Waals surface area (Å²) in [5.41, 5.74) is 3.45. The molecule has 0 aromatic heterocycles. The van der Waals surface area contributed by atoms with Crippen LogP contribution in [-0.4, -0.2) is 46.9 Å². The van der Waals surface area contributed by atoms with Crippen LogP contribution in [0.4, 0.5) is 11.4 Å². The van der Waals surface area contributed by atoms with E-state index in [1.165, 1.54) is 12.1 Å². The van der Waals surface area contributed by atoms with Crippen molar-refractivity contribution < 1.29 is 19.5 Å². The lowest BCUT2D eigenvalue weighted by Crippen LogP contribution is -2.37. The highest BCUT2D eigenvalue weighted by atomic mass is 16.4. The molecule has 0 atom stereocenters. The van der Waals surface area contributed by atoms with E-state index in [-0.39, 0.29) is 30.3 Å². The summed E-state index contributed by atoms with van der Waals surface area (Å²) in [7, 11) is 0. The van der Waals surface area contributed by atoms with E-state index in [1.807, 2.05) is 36.9 Å². The lowest BCUT2D eigenvalue weighted by molar-refractivity contribution is -0.119. The van der Waals surface area contributed by atoms with Gasteiger partial charge in [-0.3, -0.25) is 14.5 Å². The van der Waals surface area contributed by atoms with Gasteiger partial charge in [0, 0.05) is 30.4 Å². The number of carbonyl (C=O) groups excluding carboxylic acids is 2. The van der Waals surface area contributed by atoms with Crippen molar-refractivity contribution >= 4 is 29.2 Å². The molecule has 158 valence electrons. The smallest absolute Gasteiger partial charge is 0.335 e. The summed E-state index contributed by atoms with van der Waals surface area (Å²) >= 11 is 0. The van der Waals surface area contributed by atoms with Crippen LogP contribution < -0.4 is 10.6 Å². The Labute approximate surface area is 176 Å². The fraction of sp³-hybridized carbons (Fsp3) is 0.348. The van der Waals surface area contributed by atoms with Gasteiger partial charge < -0.3 is 15.7 Å². The number of para-hydroxylation sites is 1. The maximum absolute atomic E-state index is 12.6. The predicted octanol–water partition coefficient (Wildman–Crippen LogP) is 3.43. The van der Waals surface area contributed by atoms with E-state index in [4.69, 9.17) is 5.11 Å². The quantitative estimate of drug-likeness (QED) is 0.589. The molecule has 0 unspecified atom stereocenters. The van der Waals surface area contributed by atoms with Gasteiger partial charge >= 0.3 is 5.97 Å². The maximum atomic E-state index is 12.6. The van der Waals surface area contributed by atoms with Crippen molar-refractivity contribution in [3.63, 3.8) is 0 Å². The molecule has 3 rings (SSSR count). The van der Waals surface area contributed by atoms with Crippen LogP contribution in [0.5, 0.6) is 0 Å². The molecule has 0 heterocycles. The highest BCUT2D eigenvalue weighted by Crippen LogP contribution is 2.27. The lowest BCUT2D eigenvalue weighted by Gasteiger charge is -2.22. The largest absolute Gasteiger partial charge is 0.478 e. The molecule has 1 fully saturated rings. The highest BCUT2D eigenvalue weighted by molar-refractivity contribution is 5.95. The number of carboxylic acids is 1. The van der Waals surface area contributed by atoms with E-state index < -0.39 is 5.97 Å². The van der Waals surface area contributed by atoms with Crippen molar-refractivity contribution in [2.75, 3.05) is 23.7 Å². The molecule has 3 N–H and O–H groups in total. The van der Waals surface area contributed by atoms with E-state index in [2.05, 4.69) is 10.6 Å². The normalized spacial score (nSPS) is 13.2. The van der Waals surface area contributed by atoms with Gasteiger partial charge in [0.1, 0.15) is 0 Å². The van der Waals surface area contributed by atoms with Gasteiger partial charge in [-0.05, 0) is 56.0 Å². The van der Waals surface area contributed by atoms with Gasteiger partial charge in [0.2, 0.25) is 11.8 Å². The first-order chi connectivity index (χ1) is 14.3. The van der Waals surface area contributed by atoms with E-state index in [0.717, 1.165) is 29.7 Å². The zero-order valence-electron chi connectivity index (χ0n) is 17.3. The van der Waals surface area contributed by atoms with E-state index >= 15 is 0 Å². The number of hydrogen-bond donors (Lipinski definition) is 3. The van der Waals surface area contributed by atoms with Gasteiger partial charge in [-0.1, -0.05) is 24.3 Å². The first kappa shape index (κ1) is 21.5. The Morgan fingerprint density at radius 3 is 2.30 bits per heavy atom. The number of carboxylic acid groups (broad SMARTS) is 1. The number of nitrogens with one attached hydrogen (secondary N) is 2. The second-order valence-corrected chi connectivity index (χ2v) is 7.70. The Balaban J connectivity index is 1.53. The molecule has 7 heteroatoms. The Morgan fingerprint density at radius 2 is 1.67 bits per heavy atom. The minimum Gasteiger partial charge on any atom is -0.478 e. The van der Waals surface area contributed by atoms with Gasteiger partial charge in [-0.15, -0.1) is 0 Å². The molecule has 30 heavy (non-hydrogen) atoms. The average Bonchev–Trinajstić information content (AvgIpc) is 3.53. The molecular formula is C23H27N3O4. The van der Waals surface area contributed by atoms with E-state index in [0.29, 0.717) is 18.3 Å². The molecule has 1 aliphatic rings. The molecule has 2 aromatic carbocycles. The van der Waals surface area contributed by atoms with Gasteiger partial charge in [-0.2, -0.15) is 0 Å². The third-order valence-corrected chi connectivity index (χ3v) is 5.17. The summed E-state index contributed by atoms with van der Waals surface area (Å²) in [6.45, 7) is 4.63. The van der Waals surface area contributed by atoms with Crippen LogP contribution in [-0.2, 0) is 9.59 Å². The van der Waals surface area contributed by atoms with Crippen molar-refractivity contribution in [3.8, 4) is 0 Å². The molecule has 0 radical (unpaired) electrons. The molecule has 1 aliphatic carbocycles. The summed E-state index contributed by atoms with van der Waals surface area (Å²) < 4.78 is 0. The van der Waals surface area contributed by atoms with Crippen LogP contribution >= 0.6 is 0 Å². The number of amides is 2. The number of carbonyl (C=O) groups is 3.